The number of carbonyl (C=O) groups is 4. The monoisotopic (exact) mass is 1070 g/mol. The van der Waals surface area contributed by atoms with Crippen molar-refractivity contribution in [2.45, 2.75) is 122 Å². The van der Waals surface area contributed by atoms with Crippen LogP contribution in [0.1, 0.15) is 116 Å². The molecule has 0 saturated heterocycles. The molecule has 0 fully saturated rings. The van der Waals surface area contributed by atoms with Crippen LogP contribution in [0.3, 0.4) is 0 Å². The Bertz CT molecular complexity index is 2930. The first-order chi connectivity index (χ1) is 36.7. The highest BCUT2D eigenvalue weighted by atomic mass is 33.1. The maximum Gasteiger partial charge on any atom is 0.261 e. The topological polar surface area (TPSA) is 151 Å². The van der Waals surface area contributed by atoms with Gasteiger partial charge in [0.05, 0.1) is 37.6 Å². The van der Waals surface area contributed by atoms with Gasteiger partial charge in [0.25, 0.3) is 5.91 Å². The second kappa shape index (κ2) is 25.5. The Hall–Kier alpha value is -6.65. The van der Waals surface area contributed by atoms with E-state index in [2.05, 4.69) is 68.5 Å². The van der Waals surface area contributed by atoms with Crippen LogP contribution in [0, 0.1) is 0 Å². The van der Waals surface area contributed by atoms with Crippen molar-refractivity contribution in [3.05, 3.63) is 124 Å². The molecule has 76 heavy (non-hydrogen) atoms. The predicted octanol–water partition coefficient (Wildman–Crippen LogP) is 11.8. The number of fused-ring (bicyclic) bond motifs is 5. The number of amides is 3. The minimum Gasteiger partial charge on any atom is -0.493 e. The summed E-state index contributed by atoms with van der Waals surface area (Å²) in [5.41, 5.74) is 8.63. The van der Waals surface area contributed by atoms with Crippen LogP contribution < -0.4 is 44.3 Å². The first-order valence-electron chi connectivity index (χ1n) is 26.4. The van der Waals surface area contributed by atoms with Gasteiger partial charge in [0.15, 0.2) is 29.3 Å². The van der Waals surface area contributed by atoms with Gasteiger partial charge in [-0.1, -0.05) is 78.3 Å². The molecule has 3 aliphatic heterocycles. The van der Waals surface area contributed by atoms with Crippen molar-refractivity contribution in [1.82, 2.24) is 5.32 Å². The maximum atomic E-state index is 14.1. The highest BCUT2D eigenvalue weighted by molar-refractivity contribution is 8.77. The number of nitrogens with zero attached hydrogens (tertiary/aromatic N) is 4. The van der Waals surface area contributed by atoms with Crippen molar-refractivity contribution in [2.24, 2.45) is 4.99 Å². The van der Waals surface area contributed by atoms with Crippen molar-refractivity contribution < 1.29 is 38.1 Å². The highest BCUT2D eigenvalue weighted by Gasteiger charge is 2.37. The van der Waals surface area contributed by atoms with E-state index < -0.39 is 0 Å². The molecular formula is C60H72N6O8S2. The fraction of sp³-hybridized carbons (Fsp3) is 0.417. The quantitative estimate of drug-likeness (QED) is 0.0308. The third kappa shape index (κ3) is 13.3. The summed E-state index contributed by atoms with van der Waals surface area (Å²) in [5.74, 6) is 2.39. The summed E-state index contributed by atoms with van der Waals surface area (Å²) in [4.78, 5) is 63.7. The lowest BCUT2D eigenvalue weighted by Gasteiger charge is -2.25. The third-order valence-corrected chi connectivity index (χ3v) is 17.9. The summed E-state index contributed by atoms with van der Waals surface area (Å²) in [6.07, 6.45) is 9.45. The molecule has 5 aromatic rings. The van der Waals surface area contributed by atoms with Crippen LogP contribution in [0.4, 0.5) is 28.4 Å². The Kier molecular flexibility index (Phi) is 18.6. The number of hydrogen-bond acceptors (Lipinski definition) is 13. The highest BCUT2D eigenvalue weighted by Crippen LogP contribution is 2.43. The number of rotatable bonds is 26. The number of anilines is 4. The van der Waals surface area contributed by atoms with Gasteiger partial charge < -0.3 is 39.4 Å². The minimum absolute atomic E-state index is 0.0474. The summed E-state index contributed by atoms with van der Waals surface area (Å²) in [6.45, 7) is 9.33. The zero-order valence-corrected chi connectivity index (χ0v) is 46.7. The van der Waals surface area contributed by atoms with Crippen LogP contribution in [0.5, 0.6) is 23.0 Å². The SMILES string of the molecule is CCCC(CC)NC(=O)CCCSSC(C)(C)CCC(=O)N(C)c1cc(COc2cc3c(cc2OC)C(=O)N2c4ccccc4C[C@H]2C=N3)cc(COc2cc(NCC3Cc4ccccc4N3C)c(C=O)cc2OC)c1. The smallest absolute Gasteiger partial charge is 0.261 e. The van der Waals surface area contributed by atoms with Gasteiger partial charge in [0.1, 0.15) is 13.2 Å². The van der Waals surface area contributed by atoms with Crippen LogP contribution in [0.2, 0.25) is 0 Å². The summed E-state index contributed by atoms with van der Waals surface area (Å²) < 4.78 is 24.5. The van der Waals surface area contributed by atoms with E-state index in [9.17, 15) is 19.2 Å². The van der Waals surface area contributed by atoms with Crippen LogP contribution >= 0.6 is 21.6 Å². The molecule has 8 rings (SSSR count). The van der Waals surface area contributed by atoms with Gasteiger partial charge in [-0.2, -0.15) is 0 Å². The van der Waals surface area contributed by atoms with Crippen LogP contribution in [-0.4, -0.2) is 93.7 Å². The summed E-state index contributed by atoms with van der Waals surface area (Å²) >= 11 is 0. The molecule has 3 atom stereocenters. The van der Waals surface area contributed by atoms with Crippen molar-refractivity contribution in [3.63, 3.8) is 0 Å². The number of hydrogen-bond donors (Lipinski definition) is 2. The summed E-state index contributed by atoms with van der Waals surface area (Å²) in [5, 5.41) is 6.68. The molecule has 16 heteroatoms. The number of likely N-dealkylation sites (N-methyl/N-ethyl adjacent to an activating group) is 1. The number of aliphatic imine (C=N–C) groups is 1. The number of aldehydes is 1. The number of methoxy groups -OCH3 is 2. The Morgan fingerprint density at radius 3 is 2.21 bits per heavy atom. The van der Waals surface area contributed by atoms with E-state index in [-0.39, 0.29) is 53.8 Å². The standard InChI is InChI=1S/C60H72N6O8S2/c1-9-16-44(10-2)63-57(68)21-15-24-75-76-60(3,4)23-22-58(69)65(6)45-26-39(37-73-55-32-49(43(36-67)30-53(55)71-7)61-34-46-28-41-17-11-13-19-51(41)64(46)5)25-40(27-45)38-74-56-33-50-48(31-54(56)72-8)59(70)66-47(35-62-50)29-42-18-12-14-20-52(42)66/h11-14,17-20,25-27,30-33,35-36,44,46-47,61H,9-10,15-16,21-24,28-29,34,37-38H2,1-8H3,(H,63,68)/t44?,46?,47-/m0/s1. The van der Waals surface area contributed by atoms with Crippen molar-refractivity contribution >= 4 is 80.2 Å². The number of nitrogens with one attached hydrogen (secondary N) is 2. The molecule has 0 bridgehead atoms. The van der Waals surface area contributed by atoms with E-state index >= 15 is 0 Å². The van der Waals surface area contributed by atoms with E-state index in [1.807, 2.05) is 54.7 Å². The number of carbonyl (C=O) groups excluding carboxylic acids is 4. The lowest BCUT2D eigenvalue weighted by molar-refractivity contribution is -0.122. The molecule has 2 N–H and O–H groups in total. The van der Waals surface area contributed by atoms with Gasteiger partial charge in [0, 0.05) is 103 Å². The van der Waals surface area contributed by atoms with E-state index in [1.54, 1.807) is 76.9 Å². The molecule has 3 heterocycles. The van der Waals surface area contributed by atoms with Gasteiger partial charge in [-0.3, -0.25) is 29.1 Å². The molecule has 5 aromatic carbocycles. The van der Waals surface area contributed by atoms with Crippen molar-refractivity contribution in [1.29, 1.82) is 0 Å². The Balaban J connectivity index is 0.982. The van der Waals surface area contributed by atoms with Crippen LogP contribution in [0.25, 0.3) is 0 Å². The second-order valence-corrected chi connectivity index (χ2v) is 23.5. The summed E-state index contributed by atoms with van der Waals surface area (Å²) in [7, 11) is 10.5. The zero-order valence-electron chi connectivity index (χ0n) is 45.1. The molecule has 3 amide bonds. The Labute approximate surface area is 456 Å². The zero-order chi connectivity index (χ0) is 53.9. The molecule has 0 radical (unpaired) electrons. The fourth-order valence-electron chi connectivity index (χ4n) is 10.0. The van der Waals surface area contributed by atoms with Gasteiger partial charge in [0.2, 0.25) is 11.8 Å². The molecule has 0 spiro atoms. The lowest BCUT2D eigenvalue weighted by Crippen LogP contribution is -2.37. The largest absolute Gasteiger partial charge is 0.493 e. The first-order valence-corrected chi connectivity index (χ1v) is 28.7. The average molecular weight is 1070 g/mol. The van der Waals surface area contributed by atoms with E-state index in [0.29, 0.717) is 83.4 Å². The van der Waals surface area contributed by atoms with Gasteiger partial charge in [-0.15, -0.1) is 0 Å². The normalized spacial score (nSPS) is 15.7. The Morgan fingerprint density at radius 1 is 0.868 bits per heavy atom. The van der Waals surface area contributed by atoms with Gasteiger partial charge in [-0.05, 0) is 111 Å². The average Bonchev–Trinajstić information content (AvgIpc) is 3.93. The van der Waals surface area contributed by atoms with Crippen molar-refractivity contribution in [3.8, 4) is 23.0 Å². The first kappa shape index (κ1) is 55.6. The second-order valence-electron chi connectivity index (χ2n) is 20.3. The van der Waals surface area contributed by atoms with E-state index in [1.165, 1.54) is 11.3 Å². The molecule has 0 aromatic heterocycles. The number of ether oxygens (including phenoxy) is 4. The molecule has 3 aliphatic rings. The maximum absolute atomic E-state index is 14.1. The Morgan fingerprint density at radius 2 is 1.54 bits per heavy atom. The van der Waals surface area contributed by atoms with Gasteiger partial charge in [-0.25, -0.2) is 0 Å². The van der Waals surface area contributed by atoms with Crippen LogP contribution in [0.15, 0.2) is 96.0 Å². The predicted molar refractivity (Wildman–Crippen MR) is 309 cm³/mol. The van der Waals surface area contributed by atoms with Crippen LogP contribution in [-0.2, 0) is 35.6 Å². The van der Waals surface area contributed by atoms with Crippen molar-refractivity contribution in [2.75, 3.05) is 60.6 Å². The molecular weight excluding hydrogens is 997 g/mol. The number of para-hydroxylation sites is 2. The fourth-order valence-corrected chi connectivity index (χ4v) is 12.7. The number of benzene rings is 5. The summed E-state index contributed by atoms with van der Waals surface area (Å²) in [6, 6.07) is 29.3. The minimum atomic E-state index is -0.206. The molecule has 402 valence electrons. The third-order valence-electron chi connectivity index (χ3n) is 14.4. The molecule has 2 unspecified atom stereocenters. The van der Waals surface area contributed by atoms with Gasteiger partial charge >= 0.3 is 0 Å². The van der Waals surface area contributed by atoms with E-state index in [0.717, 1.165) is 66.5 Å². The lowest BCUT2D eigenvalue weighted by atomic mass is 10.1. The molecule has 0 saturated carbocycles. The van der Waals surface area contributed by atoms with E-state index in [4.69, 9.17) is 23.9 Å². The molecule has 0 aliphatic carbocycles. The molecule has 14 nitrogen and oxygen atoms in total.